The van der Waals surface area contributed by atoms with Gasteiger partial charge in [-0.25, -0.2) is 0 Å². The molecule has 0 N–H and O–H groups in total. The Labute approximate surface area is 200 Å². The molecule has 3 aromatic rings. The second kappa shape index (κ2) is 10.9. The van der Waals surface area contributed by atoms with Crippen molar-refractivity contribution in [2.24, 2.45) is 0 Å². The van der Waals surface area contributed by atoms with Gasteiger partial charge in [0.15, 0.2) is 0 Å². The zero-order valence-electron chi connectivity index (χ0n) is 19.5. The number of anilines is 1. The smallest absolute Gasteiger partial charge is 0.293 e. The maximum atomic E-state index is 13.6. The van der Waals surface area contributed by atoms with Crippen molar-refractivity contribution in [2.45, 2.75) is 13.0 Å². The average Bonchev–Trinajstić information content (AvgIpc) is 2.87. The normalized spacial score (nSPS) is 14.1. The summed E-state index contributed by atoms with van der Waals surface area (Å²) in [5.41, 5.74) is 3.07. The molecule has 0 spiro atoms. The first-order valence-electron chi connectivity index (χ1n) is 11.6. The molecule has 4 rings (SSSR count). The summed E-state index contributed by atoms with van der Waals surface area (Å²) in [4.78, 5) is 31.1. The van der Waals surface area contributed by atoms with Gasteiger partial charge in [0.25, 0.3) is 11.6 Å². The number of rotatable bonds is 8. The van der Waals surface area contributed by atoms with Gasteiger partial charge in [-0.3, -0.25) is 14.9 Å². The number of hydrogen-bond donors (Lipinski definition) is 0. The Morgan fingerprint density at radius 3 is 2.15 bits per heavy atom. The summed E-state index contributed by atoms with van der Waals surface area (Å²) in [5.74, 6) is -0.201. The Morgan fingerprint density at radius 1 is 0.912 bits per heavy atom. The van der Waals surface area contributed by atoms with Crippen molar-refractivity contribution in [3.05, 3.63) is 106 Å². The Hall–Kier alpha value is -3.71. The highest BCUT2D eigenvalue weighted by Crippen LogP contribution is 2.30. The Kier molecular flexibility index (Phi) is 7.54. The van der Waals surface area contributed by atoms with E-state index >= 15 is 0 Å². The molecule has 0 saturated carbocycles. The fourth-order valence-corrected chi connectivity index (χ4v) is 4.26. The largest absolute Gasteiger partial charge is 0.363 e. The van der Waals surface area contributed by atoms with E-state index in [1.165, 1.54) is 6.07 Å². The summed E-state index contributed by atoms with van der Waals surface area (Å²) < 4.78 is 0. The van der Waals surface area contributed by atoms with Crippen LogP contribution in [0.3, 0.4) is 0 Å². The average molecular weight is 459 g/mol. The van der Waals surface area contributed by atoms with E-state index in [0.29, 0.717) is 30.8 Å². The van der Waals surface area contributed by atoms with Gasteiger partial charge < -0.3 is 14.7 Å². The first-order valence-corrected chi connectivity index (χ1v) is 11.6. The predicted molar refractivity (Wildman–Crippen MR) is 134 cm³/mol. The van der Waals surface area contributed by atoms with Gasteiger partial charge in [-0.2, -0.15) is 0 Å². The highest BCUT2D eigenvalue weighted by molar-refractivity contribution is 5.95. The molecule has 0 bridgehead atoms. The Bertz CT molecular complexity index is 1110. The molecule has 1 fully saturated rings. The number of nitro groups is 1. The van der Waals surface area contributed by atoms with Crippen LogP contribution in [-0.2, 0) is 13.0 Å². The molecule has 0 radical (unpaired) electrons. The molecule has 1 aliphatic rings. The zero-order valence-corrected chi connectivity index (χ0v) is 19.5. The van der Waals surface area contributed by atoms with Crippen molar-refractivity contribution in [1.82, 2.24) is 9.80 Å². The Morgan fingerprint density at radius 2 is 1.53 bits per heavy atom. The lowest BCUT2D eigenvalue weighted by molar-refractivity contribution is -0.384. The maximum absolute atomic E-state index is 13.6. The molecule has 1 heterocycles. The van der Waals surface area contributed by atoms with E-state index in [1.54, 1.807) is 17.0 Å². The first kappa shape index (κ1) is 23.4. The summed E-state index contributed by atoms with van der Waals surface area (Å²) in [5, 5.41) is 11.9. The van der Waals surface area contributed by atoms with E-state index < -0.39 is 0 Å². The molecule has 34 heavy (non-hydrogen) atoms. The van der Waals surface area contributed by atoms with E-state index in [2.05, 4.69) is 4.90 Å². The topological polar surface area (TPSA) is 69.9 Å². The highest BCUT2D eigenvalue weighted by Gasteiger charge is 2.26. The van der Waals surface area contributed by atoms with Crippen LogP contribution in [0, 0.1) is 10.1 Å². The summed E-state index contributed by atoms with van der Waals surface area (Å²) in [7, 11) is 2.05. The van der Waals surface area contributed by atoms with Crippen LogP contribution in [0.25, 0.3) is 0 Å². The van der Waals surface area contributed by atoms with Gasteiger partial charge in [0.2, 0.25) is 0 Å². The van der Waals surface area contributed by atoms with E-state index in [4.69, 9.17) is 0 Å². The lowest BCUT2D eigenvalue weighted by Crippen LogP contribution is -2.44. The number of nitro benzene ring substituents is 1. The lowest BCUT2D eigenvalue weighted by atomic mass is 10.1. The number of benzene rings is 3. The summed E-state index contributed by atoms with van der Waals surface area (Å²) in [6, 6.07) is 24.7. The molecule has 0 aliphatic carbocycles. The molecule has 1 amide bonds. The van der Waals surface area contributed by atoms with Gasteiger partial charge >= 0.3 is 0 Å². The number of carbonyl (C=O) groups is 1. The van der Waals surface area contributed by atoms with Gasteiger partial charge in [0.1, 0.15) is 5.69 Å². The van der Waals surface area contributed by atoms with Crippen LogP contribution >= 0.6 is 0 Å². The number of hydrogen-bond acceptors (Lipinski definition) is 5. The second-order valence-corrected chi connectivity index (χ2v) is 8.70. The molecule has 176 valence electrons. The molecule has 1 saturated heterocycles. The molecule has 1 aliphatic heterocycles. The minimum atomic E-state index is -0.379. The lowest BCUT2D eigenvalue weighted by Gasteiger charge is -2.33. The molecule has 0 atom stereocenters. The van der Waals surface area contributed by atoms with Crippen molar-refractivity contribution < 1.29 is 9.72 Å². The van der Waals surface area contributed by atoms with Crippen LogP contribution in [0.2, 0.25) is 0 Å². The van der Waals surface area contributed by atoms with E-state index in [9.17, 15) is 14.9 Å². The number of amides is 1. The van der Waals surface area contributed by atoms with E-state index in [0.717, 1.165) is 37.3 Å². The van der Waals surface area contributed by atoms with Crippen molar-refractivity contribution in [3.8, 4) is 0 Å². The van der Waals surface area contributed by atoms with Crippen LogP contribution in [0.1, 0.15) is 21.5 Å². The summed E-state index contributed by atoms with van der Waals surface area (Å²) in [6.07, 6.45) is 0.709. The molecule has 7 heteroatoms. The van der Waals surface area contributed by atoms with E-state index in [1.807, 2.05) is 72.6 Å². The summed E-state index contributed by atoms with van der Waals surface area (Å²) in [6.45, 7) is 4.11. The first-order chi connectivity index (χ1) is 16.5. The predicted octanol–water partition coefficient (Wildman–Crippen LogP) is 4.23. The van der Waals surface area contributed by atoms with Crippen LogP contribution in [0.5, 0.6) is 0 Å². The third kappa shape index (κ3) is 5.80. The zero-order chi connectivity index (χ0) is 23.9. The number of likely N-dealkylation sites (N-methyl/N-ethyl adjacent to an activating group) is 1. The third-order valence-corrected chi connectivity index (χ3v) is 6.28. The number of carbonyl (C=O) groups excluding carboxylic acids is 1. The molecular weight excluding hydrogens is 428 g/mol. The minimum Gasteiger partial charge on any atom is -0.363 e. The molecule has 3 aromatic carbocycles. The van der Waals surface area contributed by atoms with Gasteiger partial charge in [0, 0.05) is 50.9 Å². The standard InChI is InChI=1S/C27H30N4O3/c1-28-16-18-29(19-17-28)25-13-12-24(20-26(25)31(33)34)27(32)30(21-23-10-6-3-7-11-23)15-14-22-8-4-2-5-9-22/h2-13,20H,14-19,21H2,1H3. The highest BCUT2D eigenvalue weighted by atomic mass is 16.6. The molecule has 0 aromatic heterocycles. The monoisotopic (exact) mass is 458 g/mol. The second-order valence-electron chi connectivity index (χ2n) is 8.70. The minimum absolute atomic E-state index is 0.0156. The van der Waals surface area contributed by atoms with E-state index in [-0.39, 0.29) is 16.5 Å². The molecule has 0 unspecified atom stereocenters. The van der Waals surface area contributed by atoms with Crippen LogP contribution in [-0.4, -0.2) is 60.4 Å². The van der Waals surface area contributed by atoms with Crippen molar-refractivity contribution in [2.75, 3.05) is 44.7 Å². The quantitative estimate of drug-likeness (QED) is 0.373. The maximum Gasteiger partial charge on any atom is 0.293 e. The number of piperazine rings is 1. The number of nitrogens with zero attached hydrogens (tertiary/aromatic N) is 4. The molecular formula is C27H30N4O3. The van der Waals surface area contributed by atoms with Crippen LogP contribution < -0.4 is 4.90 Å². The van der Waals surface area contributed by atoms with Gasteiger partial charge in [-0.1, -0.05) is 60.7 Å². The SMILES string of the molecule is CN1CCN(c2ccc(C(=O)N(CCc3ccccc3)Cc3ccccc3)cc2[N+](=O)[O-])CC1. The van der Waals surface area contributed by atoms with Crippen molar-refractivity contribution in [1.29, 1.82) is 0 Å². The Balaban J connectivity index is 1.59. The molecule has 7 nitrogen and oxygen atoms in total. The third-order valence-electron chi connectivity index (χ3n) is 6.28. The summed E-state index contributed by atoms with van der Waals surface area (Å²) >= 11 is 0. The van der Waals surface area contributed by atoms with Crippen LogP contribution in [0.15, 0.2) is 78.9 Å². The van der Waals surface area contributed by atoms with Crippen molar-refractivity contribution >= 4 is 17.3 Å². The van der Waals surface area contributed by atoms with Crippen LogP contribution in [0.4, 0.5) is 11.4 Å². The van der Waals surface area contributed by atoms with Gasteiger partial charge in [0.05, 0.1) is 4.92 Å². The van der Waals surface area contributed by atoms with Gasteiger partial charge in [-0.15, -0.1) is 0 Å². The fraction of sp³-hybridized carbons (Fsp3) is 0.296. The van der Waals surface area contributed by atoms with Gasteiger partial charge in [-0.05, 0) is 36.7 Å². The fourth-order valence-electron chi connectivity index (χ4n) is 4.26. The van der Waals surface area contributed by atoms with Crippen molar-refractivity contribution in [3.63, 3.8) is 0 Å².